The normalized spacial score (nSPS) is 12.0. The van der Waals surface area contributed by atoms with Gasteiger partial charge in [-0.05, 0) is 37.6 Å². The average Bonchev–Trinajstić information content (AvgIpc) is 3.02. The number of halogens is 1. The average molecular weight is 344 g/mol. The zero-order chi connectivity index (χ0) is 18.0. The number of carbonyl (C=O) groups is 2. The molecular formula is C18H17FN2O4. The van der Waals surface area contributed by atoms with Crippen LogP contribution < -0.4 is 20.1 Å². The third-order valence-electron chi connectivity index (χ3n) is 3.73. The van der Waals surface area contributed by atoms with Crippen LogP contribution >= 0.6 is 0 Å². The predicted molar refractivity (Wildman–Crippen MR) is 90.8 cm³/mol. The van der Waals surface area contributed by atoms with Gasteiger partial charge < -0.3 is 20.1 Å². The summed E-state index contributed by atoms with van der Waals surface area (Å²) in [5, 5.41) is 5.38. The Morgan fingerprint density at radius 2 is 1.84 bits per heavy atom. The molecule has 0 radical (unpaired) electrons. The Hall–Kier alpha value is -3.09. The fourth-order valence-corrected chi connectivity index (χ4v) is 2.47. The van der Waals surface area contributed by atoms with Gasteiger partial charge >= 0.3 is 0 Å². The standard InChI is InChI=1S/C18H17FN2O4/c1-10-3-4-14(13(19)5-10)21-18(23)8-20-15-7-17-16(24-9-25-17)6-12(15)11(2)22/h3-7,20H,8-9H2,1-2H3,(H,21,23). The van der Waals surface area contributed by atoms with Crippen LogP contribution in [-0.2, 0) is 4.79 Å². The number of Topliss-reactive ketones (excluding diaryl/α,β-unsaturated/α-hetero) is 1. The number of amides is 1. The molecule has 1 aliphatic heterocycles. The van der Waals surface area contributed by atoms with Crippen LogP contribution in [0.2, 0.25) is 0 Å². The van der Waals surface area contributed by atoms with Gasteiger partial charge in [0.25, 0.3) is 0 Å². The van der Waals surface area contributed by atoms with Crippen molar-refractivity contribution in [1.82, 2.24) is 0 Å². The van der Waals surface area contributed by atoms with Gasteiger partial charge in [-0.1, -0.05) is 6.07 Å². The number of fused-ring (bicyclic) bond motifs is 1. The fraction of sp³-hybridized carbons (Fsp3) is 0.222. The molecule has 130 valence electrons. The van der Waals surface area contributed by atoms with Gasteiger partial charge in [-0.25, -0.2) is 4.39 Å². The van der Waals surface area contributed by atoms with Gasteiger partial charge in [-0.15, -0.1) is 0 Å². The van der Waals surface area contributed by atoms with Crippen LogP contribution in [0, 0.1) is 12.7 Å². The summed E-state index contributed by atoms with van der Waals surface area (Å²) in [7, 11) is 0. The smallest absolute Gasteiger partial charge is 0.243 e. The first kappa shape index (κ1) is 16.8. The minimum absolute atomic E-state index is 0.0866. The molecule has 0 fully saturated rings. The molecule has 0 saturated heterocycles. The molecule has 1 aliphatic rings. The van der Waals surface area contributed by atoms with Crippen LogP contribution in [0.25, 0.3) is 0 Å². The number of ether oxygens (including phenoxy) is 2. The molecule has 2 aromatic rings. The maximum atomic E-state index is 13.8. The number of anilines is 2. The highest BCUT2D eigenvalue weighted by molar-refractivity contribution is 6.01. The van der Waals surface area contributed by atoms with Gasteiger partial charge in [0, 0.05) is 17.3 Å². The summed E-state index contributed by atoms with van der Waals surface area (Å²) in [6, 6.07) is 7.74. The Kier molecular flexibility index (Phi) is 4.56. The number of hydrogen-bond acceptors (Lipinski definition) is 5. The molecule has 7 heteroatoms. The Morgan fingerprint density at radius 1 is 1.12 bits per heavy atom. The Balaban J connectivity index is 1.70. The van der Waals surface area contributed by atoms with E-state index in [1.807, 2.05) is 0 Å². The van der Waals surface area contributed by atoms with Gasteiger partial charge in [0.15, 0.2) is 17.3 Å². The first-order valence-electron chi connectivity index (χ1n) is 7.68. The Morgan fingerprint density at radius 3 is 2.52 bits per heavy atom. The lowest BCUT2D eigenvalue weighted by molar-refractivity contribution is -0.114. The van der Waals surface area contributed by atoms with E-state index >= 15 is 0 Å². The number of nitrogens with one attached hydrogen (secondary N) is 2. The molecule has 1 heterocycles. The number of rotatable bonds is 5. The Bertz CT molecular complexity index is 851. The lowest BCUT2D eigenvalue weighted by atomic mass is 10.1. The van der Waals surface area contributed by atoms with Crippen molar-refractivity contribution in [2.45, 2.75) is 13.8 Å². The molecule has 25 heavy (non-hydrogen) atoms. The van der Waals surface area contributed by atoms with Crippen LogP contribution in [0.15, 0.2) is 30.3 Å². The van der Waals surface area contributed by atoms with Gasteiger partial charge in [-0.3, -0.25) is 9.59 Å². The van der Waals surface area contributed by atoms with E-state index < -0.39 is 11.7 Å². The maximum Gasteiger partial charge on any atom is 0.243 e. The quantitative estimate of drug-likeness (QED) is 0.815. The summed E-state index contributed by atoms with van der Waals surface area (Å²) in [6.45, 7) is 3.14. The first-order chi connectivity index (χ1) is 11.9. The topological polar surface area (TPSA) is 76.7 Å². The molecule has 0 aliphatic carbocycles. The van der Waals surface area contributed by atoms with Gasteiger partial charge in [0.2, 0.25) is 12.7 Å². The number of hydrogen-bond donors (Lipinski definition) is 2. The van der Waals surface area contributed by atoms with Crippen LogP contribution in [0.4, 0.5) is 15.8 Å². The molecule has 6 nitrogen and oxygen atoms in total. The van der Waals surface area contributed by atoms with Crippen LogP contribution in [-0.4, -0.2) is 25.0 Å². The summed E-state index contributed by atoms with van der Waals surface area (Å²) >= 11 is 0. The molecule has 2 aromatic carbocycles. The van der Waals surface area contributed by atoms with Crippen molar-refractivity contribution in [2.24, 2.45) is 0 Å². The fourth-order valence-electron chi connectivity index (χ4n) is 2.47. The minimum Gasteiger partial charge on any atom is -0.454 e. The van der Waals surface area contributed by atoms with Crippen molar-refractivity contribution < 1.29 is 23.5 Å². The van der Waals surface area contributed by atoms with Crippen molar-refractivity contribution in [2.75, 3.05) is 24.0 Å². The molecule has 0 aromatic heterocycles. The zero-order valence-electron chi connectivity index (χ0n) is 13.8. The Labute approximate surface area is 143 Å². The van der Waals surface area contributed by atoms with E-state index in [0.717, 1.165) is 5.56 Å². The monoisotopic (exact) mass is 344 g/mol. The third kappa shape index (κ3) is 3.71. The lowest BCUT2D eigenvalue weighted by Crippen LogP contribution is -2.23. The molecule has 0 saturated carbocycles. The molecule has 3 rings (SSSR count). The zero-order valence-corrected chi connectivity index (χ0v) is 13.8. The van der Waals surface area contributed by atoms with Crippen LogP contribution in [0.5, 0.6) is 11.5 Å². The lowest BCUT2D eigenvalue weighted by Gasteiger charge is -2.12. The highest BCUT2D eigenvalue weighted by Crippen LogP contribution is 2.37. The number of aryl methyl sites for hydroxylation is 1. The molecular weight excluding hydrogens is 327 g/mol. The van der Waals surface area contributed by atoms with Gasteiger partial charge in [0.05, 0.1) is 12.2 Å². The largest absolute Gasteiger partial charge is 0.454 e. The SMILES string of the molecule is CC(=O)c1cc2c(cc1NCC(=O)Nc1ccc(C)cc1F)OCO2. The molecule has 2 N–H and O–H groups in total. The van der Waals surface area contributed by atoms with Gasteiger partial charge in [0.1, 0.15) is 5.82 Å². The molecule has 0 spiro atoms. The highest BCUT2D eigenvalue weighted by atomic mass is 19.1. The van der Waals surface area contributed by atoms with Crippen molar-refractivity contribution in [3.05, 3.63) is 47.3 Å². The van der Waals surface area contributed by atoms with Gasteiger partial charge in [-0.2, -0.15) is 0 Å². The van der Waals surface area contributed by atoms with E-state index in [-0.39, 0.29) is 24.8 Å². The predicted octanol–water partition coefficient (Wildman–Crippen LogP) is 3.12. The van der Waals surface area contributed by atoms with Crippen molar-refractivity contribution in [1.29, 1.82) is 0 Å². The second-order valence-electron chi connectivity index (χ2n) is 5.69. The van der Waals surface area contributed by atoms with Crippen molar-refractivity contribution in [3.8, 4) is 11.5 Å². The summed E-state index contributed by atoms with van der Waals surface area (Å²) in [5.74, 6) is -0.124. The summed E-state index contributed by atoms with van der Waals surface area (Å²) in [4.78, 5) is 23.8. The molecule has 0 bridgehead atoms. The summed E-state index contributed by atoms with van der Waals surface area (Å²) in [6.07, 6.45) is 0. The van der Waals surface area contributed by atoms with Crippen LogP contribution in [0.1, 0.15) is 22.8 Å². The van der Waals surface area contributed by atoms with Crippen LogP contribution in [0.3, 0.4) is 0 Å². The van der Waals surface area contributed by atoms with E-state index in [1.54, 1.807) is 25.1 Å². The minimum atomic E-state index is -0.499. The number of benzene rings is 2. The van der Waals surface area contributed by atoms with E-state index in [4.69, 9.17) is 9.47 Å². The number of carbonyl (C=O) groups excluding carboxylic acids is 2. The maximum absolute atomic E-state index is 13.8. The van der Waals surface area contributed by atoms with E-state index in [0.29, 0.717) is 22.7 Å². The molecule has 0 unspecified atom stereocenters. The number of ketones is 1. The third-order valence-corrected chi connectivity index (χ3v) is 3.73. The van der Waals surface area contributed by atoms with E-state index in [9.17, 15) is 14.0 Å². The second kappa shape index (κ2) is 6.80. The second-order valence-corrected chi connectivity index (χ2v) is 5.69. The van der Waals surface area contributed by atoms with E-state index in [1.165, 1.54) is 19.1 Å². The first-order valence-corrected chi connectivity index (χ1v) is 7.68. The molecule has 0 atom stereocenters. The molecule has 1 amide bonds. The van der Waals surface area contributed by atoms with Crippen molar-refractivity contribution in [3.63, 3.8) is 0 Å². The van der Waals surface area contributed by atoms with E-state index in [2.05, 4.69) is 10.6 Å². The summed E-state index contributed by atoms with van der Waals surface area (Å²) in [5.41, 5.74) is 1.71. The summed E-state index contributed by atoms with van der Waals surface area (Å²) < 4.78 is 24.3. The highest BCUT2D eigenvalue weighted by Gasteiger charge is 2.19. The van der Waals surface area contributed by atoms with Crippen molar-refractivity contribution >= 4 is 23.1 Å².